The Labute approximate surface area is 221 Å². The largest absolute Gasteiger partial charge is 0.508 e. The van der Waals surface area contributed by atoms with E-state index in [2.05, 4.69) is 5.10 Å². The van der Waals surface area contributed by atoms with Crippen molar-refractivity contribution in [1.82, 2.24) is 9.78 Å². The van der Waals surface area contributed by atoms with E-state index in [4.69, 9.17) is 18.9 Å². The molecule has 1 aromatic carbocycles. The number of benzene rings is 1. The first-order chi connectivity index (χ1) is 17.5. The Morgan fingerprint density at radius 2 is 1.76 bits per heavy atom. The summed E-state index contributed by atoms with van der Waals surface area (Å²) in [6.07, 6.45) is -5.51. The highest BCUT2D eigenvalue weighted by Gasteiger charge is 2.46. The molecule has 5 atom stereocenters. The fraction of sp³-hybridized carbons (Fsp3) is 0.615. The summed E-state index contributed by atoms with van der Waals surface area (Å²) in [7, 11) is 0. The SMILES string of the molecule is CSc1ccc(Cc2c(OC3O[C@H](COC(=O)OCC(C)C)[C@@H](O)[C@H](O)[C@H]3O)nn(C(C)C)c2C)cc1. The number of thioether (sulfide) groups is 1. The molecule has 0 spiro atoms. The van der Waals surface area contributed by atoms with Gasteiger partial charge in [0.05, 0.1) is 6.61 Å². The third-order valence-corrected chi connectivity index (χ3v) is 6.81. The Hall–Kier alpha value is -2.31. The van der Waals surface area contributed by atoms with Crippen LogP contribution in [-0.2, 0) is 20.6 Å². The number of aliphatic hydroxyl groups excluding tert-OH is 3. The summed E-state index contributed by atoms with van der Waals surface area (Å²) in [4.78, 5) is 13.0. The summed E-state index contributed by atoms with van der Waals surface area (Å²) in [5.41, 5.74) is 2.77. The van der Waals surface area contributed by atoms with Crippen LogP contribution in [0.5, 0.6) is 5.88 Å². The van der Waals surface area contributed by atoms with E-state index in [0.717, 1.165) is 21.7 Å². The number of aromatic nitrogens is 2. The molecule has 206 valence electrons. The van der Waals surface area contributed by atoms with E-state index in [0.29, 0.717) is 6.42 Å². The number of ether oxygens (including phenoxy) is 4. The number of nitrogens with zero attached hydrogens (tertiary/aromatic N) is 2. The van der Waals surface area contributed by atoms with E-state index in [-0.39, 0.29) is 24.4 Å². The van der Waals surface area contributed by atoms with Crippen LogP contribution in [0.25, 0.3) is 0 Å². The fourth-order valence-corrected chi connectivity index (χ4v) is 4.37. The monoisotopic (exact) mass is 538 g/mol. The number of hydrogen-bond acceptors (Lipinski definition) is 10. The van der Waals surface area contributed by atoms with Crippen LogP contribution in [-0.4, -0.2) is 81.4 Å². The molecule has 10 nitrogen and oxygen atoms in total. The number of aliphatic hydroxyl groups is 3. The van der Waals surface area contributed by atoms with Crippen LogP contribution >= 0.6 is 11.8 Å². The van der Waals surface area contributed by atoms with Crippen LogP contribution in [0.1, 0.15) is 50.6 Å². The average molecular weight is 539 g/mol. The van der Waals surface area contributed by atoms with Gasteiger partial charge in [-0.05, 0) is 50.6 Å². The summed E-state index contributed by atoms with van der Waals surface area (Å²) in [5, 5.41) is 36.0. The van der Waals surface area contributed by atoms with Gasteiger partial charge in [-0.1, -0.05) is 26.0 Å². The summed E-state index contributed by atoms with van der Waals surface area (Å²) >= 11 is 1.66. The highest BCUT2D eigenvalue weighted by atomic mass is 32.2. The van der Waals surface area contributed by atoms with E-state index in [1.807, 2.05) is 69.8 Å². The predicted octanol–water partition coefficient (Wildman–Crippen LogP) is 3.08. The lowest BCUT2D eigenvalue weighted by Crippen LogP contribution is -2.60. The Morgan fingerprint density at radius 1 is 1.08 bits per heavy atom. The number of hydrogen-bond donors (Lipinski definition) is 3. The average Bonchev–Trinajstić information content (AvgIpc) is 3.17. The van der Waals surface area contributed by atoms with Gasteiger partial charge in [0.2, 0.25) is 12.2 Å². The molecule has 0 bridgehead atoms. The standard InChI is InChI=1S/C26H38N2O8S/c1-14(2)12-33-26(32)34-13-20-21(29)22(30)23(31)25(35-20)36-24-19(16(5)28(27-24)15(3)4)11-17-7-9-18(37-6)10-8-17/h7-10,14-15,20-23,25,29-31H,11-13H2,1-6H3/t20-,21-,22+,23-,25?/m1/s1. The van der Waals surface area contributed by atoms with Crippen LogP contribution in [0.15, 0.2) is 29.2 Å². The highest BCUT2D eigenvalue weighted by Crippen LogP contribution is 2.31. The first-order valence-electron chi connectivity index (χ1n) is 12.4. The first-order valence-corrected chi connectivity index (χ1v) is 13.6. The normalized spacial score (nSPS) is 23.9. The van der Waals surface area contributed by atoms with E-state index < -0.39 is 43.5 Å². The van der Waals surface area contributed by atoms with Crippen LogP contribution < -0.4 is 4.74 Å². The molecule has 37 heavy (non-hydrogen) atoms. The molecular weight excluding hydrogens is 500 g/mol. The molecule has 11 heteroatoms. The minimum absolute atomic E-state index is 0.0533. The smallest absolute Gasteiger partial charge is 0.443 e. The molecule has 1 saturated heterocycles. The Balaban J connectivity index is 1.78. The van der Waals surface area contributed by atoms with Gasteiger partial charge in [-0.25, -0.2) is 4.79 Å². The zero-order valence-corrected chi connectivity index (χ0v) is 23.0. The van der Waals surface area contributed by atoms with Gasteiger partial charge in [0.1, 0.15) is 31.0 Å². The molecule has 0 amide bonds. The summed E-state index contributed by atoms with van der Waals surface area (Å²) in [6.45, 7) is 9.50. The maximum absolute atomic E-state index is 11.8. The van der Waals surface area contributed by atoms with Crippen molar-refractivity contribution in [3.05, 3.63) is 41.1 Å². The van der Waals surface area contributed by atoms with Crippen LogP contribution in [0.3, 0.4) is 0 Å². The van der Waals surface area contributed by atoms with Gasteiger partial charge in [-0.2, -0.15) is 0 Å². The lowest BCUT2D eigenvalue weighted by Gasteiger charge is -2.39. The van der Waals surface area contributed by atoms with Crippen molar-refractivity contribution in [2.75, 3.05) is 19.5 Å². The van der Waals surface area contributed by atoms with Gasteiger partial charge in [0, 0.05) is 28.6 Å². The number of carbonyl (C=O) groups excluding carboxylic acids is 1. The second-order valence-corrected chi connectivity index (χ2v) is 10.7. The predicted molar refractivity (Wildman–Crippen MR) is 138 cm³/mol. The van der Waals surface area contributed by atoms with Gasteiger partial charge < -0.3 is 34.3 Å². The molecule has 1 fully saturated rings. The maximum atomic E-state index is 11.8. The van der Waals surface area contributed by atoms with Crippen molar-refractivity contribution >= 4 is 17.9 Å². The molecule has 0 saturated carbocycles. The van der Waals surface area contributed by atoms with Gasteiger partial charge in [0.15, 0.2) is 0 Å². The minimum Gasteiger partial charge on any atom is -0.443 e. The Kier molecular flexibility index (Phi) is 10.3. The second kappa shape index (κ2) is 13.0. The Morgan fingerprint density at radius 3 is 2.35 bits per heavy atom. The van der Waals surface area contributed by atoms with E-state index >= 15 is 0 Å². The highest BCUT2D eigenvalue weighted by molar-refractivity contribution is 7.98. The molecule has 3 rings (SSSR count). The lowest BCUT2D eigenvalue weighted by atomic mass is 9.99. The number of rotatable bonds is 10. The zero-order valence-electron chi connectivity index (χ0n) is 22.2. The third-order valence-electron chi connectivity index (χ3n) is 6.06. The van der Waals surface area contributed by atoms with Gasteiger partial charge in [-0.15, -0.1) is 16.9 Å². The summed E-state index contributed by atoms with van der Waals surface area (Å²) in [5.74, 6) is 0.384. The quantitative estimate of drug-likeness (QED) is 0.306. The van der Waals surface area contributed by atoms with E-state index in [1.54, 1.807) is 11.8 Å². The maximum Gasteiger partial charge on any atom is 0.508 e. The van der Waals surface area contributed by atoms with E-state index in [1.165, 1.54) is 0 Å². The third kappa shape index (κ3) is 7.38. The topological polar surface area (TPSA) is 133 Å². The van der Waals surface area contributed by atoms with Crippen molar-refractivity contribution < 1.29 is 39.1 Å². The fourth-order valence-electron chi connectivity index (χ4n) is 3.96. The minimum atomic E-state index is -1.59. The second-order valence-electron chi connectivity index (χ2n) is 9.83. The molecule has 3 N–H and O–H groups in total. The van der Waals surface area contributed by atoms with Crippen molar-refractivity contribution in [3.8, 4) is 5.88 Å². The Bertz CT molecular complexity index is 1030. The zero-order chi connectivity index (χ0) is 27.3. The molecular formula is C26H38N2O8S. The first kappa shape index (κ1) is 29.2. The van der Waals surface area contributed by atoms with Gasteiger partial charge in [0.25, 0.3) is 0 Å². The van der Waals surface area contributed by atoms with Crippen LogP contribution in [0, 0.1) is 12.8 Å². The summed E-state index contributed by atoms with van der Waals surface area (Å²) < 4.78 is 23.6. The van der Waals surface area contributed by atoms with Gasteiger partial charge >= 0.3 is 6.16 Å². The molecule has 1 aromatic heterocycles. The van der Waals surface area contributed by atoms with E-state index in [9.17, 15) is 20.1 Å². The molecule has 1 unspecified atom stereocenters. The molecule has 2 aromatic rings. The number of carbonyl (C=O) groups is 1. The molecule has 1 aliphatic heterocycles. The van der Waals surface area contributed by atoms with Gasteiger partial charge in [-0.3, -0.25) is 4.68 Å². The van der Waals surface area contributed by atoms with Crippen molar-refractivity contribution in [3.63, 3.8) is 0 Å². The molecule has 1 aliphatic rings. The summed E-state index contributed by atoms with van der Waals surface area (Å²) in [6, 6.07) is 8.23. The van der Waals surface area contributed by atoms with Crippen molar-refractivity contribution in [2.45, 2.75) is 82.7 Å². The van der Waals surface area contributed by atoms with Crippen LogP contribution in [0.2, 0.25) is 0 Å². The molecule has 2 heterocycles. The van der Waals surface area contributed by atoms with Crippen LogP contribution in [0.4, 0.5) is 4.79 Å². The molecule has 0 aliphatic carbocycles. The van der Waals surface area contributed by atoms with Crippen molar-refractivity contribution in [2.24, 2.45) is 5.92 Å². The van der Waals surface area contributed by atoms with Crippen molar-refractivity contribution in [1.29, 1.82) is 0 Å². The molecule has 0 radical (unpaired) electrons. The lowest BCUT2D eigenvalue weighted by molar-refractivity contribution is -0.278.